The van der Waals surface area contributed by atoms with Crippen LogP contribution in [-0.4, -0.2) is 7.28 Å². The molecule has 2 aromatic rings. The molecular formula is C18H17BRe-. The average Bonchev–Trinajstić information content (AvgIpc) is 2.42. The summed E-state index contributed by atoms with van der Waals surface area (Å²) >= 11 is 0. The molecule has 20 heavy (non-hydrogen) atoms. The Kier molecular flexibility index (Phi) is 7.39. The first-order chi connectivity index (χ1) is 9.35. The minimum absolute atomic E-state index is 0. The Morgan fingerprint density at radius 3 is 2.30 bits per heavy atom. The molecule has 0 unspecified atom stereocenters. The topological polar surface area (TPSA) is 0 Å². The first-order valence-corrected chi connectivity index (χ1v) is 6.68. The molecule has 0 nitrogen and oxygen atoms in total. The van der Waals surface area contributed by atoms with E-state index >= 15 is 0 Å². The van der Waals surface area contributed by atoms with Crippen molar-refractivity contribution in [3.8, 4) is 11.8 Å². The van der Waals surface area contributed by atoms with E-state index in [9.17, 15) is 0 Å². The van der Waals surface area contributed by atoms with Crippen molar-refractivity contribution >= 4 is 7.28 Å². The third-order valence-corrected chi connectivity index (χ3v) is 2.96. The normalized spacial score (nSPS) is 10.7. The van der Waals surface area contributed by atoms with Crippen LogP contribution in [-0.2, 0) is 33.3 Å². The molecule has 2 radical (unpaired) electrons. The molecule has 0 bridgehead atoms. The second kappa shape index (κ2) is 8.81. The predicted octanol–water partition coefficient (Wildman–Crippen LogP) is 3.77. The molecule has 1 aliphatic carbocycles. The number of aryl methyl sites for hydroxylation is 2. The molecule has 0 aromatic heterocycles. The maximum absolute atomic E-state index is 3.26. The molecule has 1 aliphatic rings. The Morgan fingerprint density at radius 2 is 1.55 bits per heavy atom. The fourth-order valence-corrected chi connectivity index (χ4v) is 2.06. The van der Waals surface area contributed by atoms with Crippen LogP contribution in [0.3, 0.4) is 0 Å². The summed E-state index contributed by atoms with van der Waals surface area (Å²) in [6.45, 7) is 4.00. The second-order valence-corrected chi connectivity index (χ2v) is 4.57. The summed E-state index contributed by atoms with van der Waals surface area (Å²) in [5, 5.41) is 0. The van der Waals surface area contributed by atoms with Crippen molar-refractivity contribution in [2.24, 2.45) is 0 Å². The van der Waals surface area contributed by atoms with Crippen molar-refractivity contribution in [3.63, 3.8) is 0 Å². The summed E-state index contributed by atoms with van der Waals surface area (Å²) in [5.41, 5.74) is 4.98. The van der Waals surface area contributed by atoms with E-state index in [4.69, 9.17) is 0 Å². The van der Waals surface area contributed by atoms with Gasteiger partial charge in [0.15, 0.2) is 0 Å². The number of hydrogen-bond donors (Lipinski definition) is 0. The SMILES string of the molecule is C1#Cc2ccccc2CCc2c[c-]ccc21.C[B]C.[Re]. The summed E-state index contributed by atoms with van der Waals surface area (Å²) in [5.74, 6) is 6.51. The van der Waals surface area contributed by atoms with Crippen LogP contribution in [0.4, 0.5) is 0 Å². The van der Waals surface area contributed by atoms with Crippen LogP contribution in [0.1, 0.15) is 22.3 Å². The van der Waals surface area contributed by atoms with Gasteiger partial charge in [0.2, 0.25) is 0 Å². The van der Waals surface area contributed by atoms with Gasteiger partial charge in [-0.05, 0) is 18.1 Å². The van der Waals surface area contributed by atoms with E-state index in [1.54, 1.807) is 0 Å². The minimum atomic E-state index is 0. The van der Waals surface area contributed by atoms with E-state index in [-0.39, 0.29) is 20.4 Å². The Balaban J connectivity index is 0.000000462. The quantitative estimate of drug-likeness (QED) is 0.339. The van der Waals surface area contributed by atoms with Crippen molar-refractivity contribution in [3.05, 3.63) is 70.8 Å². The number of hydrogen-bond acceptors (Lipinski definition) is 0. The Hall–Kier alpha value is -1.27. The van der Waals surface area contributed by atoms with Crippen LogP contribution in [0.2, 0.25) is 13.6 Å². The third-order valence-electron chi connectivity index (χ3n) is 2.96. The van der Waals surface area contributed by atoms with Crippen LogP contribution < -0.4 is 0 Å². The molecule has 0 aliphatic heterocycles. The summed E-state index contributed by atoms with van der Waals surface area (Å²) in [6, 6.07) is 17.6. The zero-order valence-corrected chi connectivity index (χ0v) is 14.6. The molecule has 0 spiro atoms. The molecule has 0 atom stereocenters. The van der Waals surface area contributed by atoms with E-state index in [2.05, 4.69) is 54.3 Å². The smallest absolute Gasteiger partial charge is 0.102 e. The van der Waals surface area contributed by atoms with Gasteiger partial charge < -0.3 is 0 Å². The third kappa shape index (κ3) is 4.38. The van der Waals surface area contributed by atoms with Crippen LogP contribution in [0.15, 0.2) is 42.5 Å². The Bertz CT molecular complexity index is 557. The van der Waals surface area contributed by atoms with E-state index in [0.29, 0.717) is 0 Å². The van der Waals surface area contributed by atoms with Gasteiger partial charge in [0.05, 0.1) is 0 Å². The average molecular weight is 430 g/mol. The van der Waals surface area contributed by atoms with Crippen molar-refractivity contribution in [1.82, 2.24) is 0 Å². The fraction of sp³-hybridized carbons (Fsp3) is 0.222. The number of fused-ring (bicyclic) bond motifs is 2. The van der Waals surface area contributed by atoms with E-state index in [1.165, 1.54) is 16.7 Å². The standard InChI is InChI=1S/C16H11.C2H6B.Re/c1-2-6-14-11-12-16-8-4-3-7-15(16)10-9-13(14)5-1;1-3-2;/h1-3,5-8H,11-12H2;1-2H3;/q-1;;. The predicted molar refractivity (Wildman–Crippen MR) is 82.6 cm³/mol. The van der Waals surface area contributed by atoms with Gasteiger partial charge in [0.25, 0.3) is 0 Å². The molecular weight excluding hydrogens is 413 g/mol. The van der Waals surface area contributed by atoms with Crippen LogP contribution in [0.5, 0.6) is 0 Å². The van der Waals surface area contributed by atoms with Gasteiger partial charge in [-0.3, -0.25) is 0 Å². The van der Waals surface area contributed by atoms with Gasteiger partial charge in [-0.15, -0.1) is 5.56 Å². The van der Waals surface area contributed by atoms with Gasteiger partial charge in [-0.25, -0.2) is 0 Å². The van der Waals surface area contributed by atoms with Gasteiger partial charge >= 0.3 is 0 Å². The molecule has 0 fully saturated rings. The fourth-order valence-electron chi connectivity index (χ4n) is 2.06. The van der Waals surface area contributed by atoms with Crippen molar-refractivity contribution < 1.29 is 20.4 Å². The van der Waals surface area contributed by atoms with Crippen LogP contribution in [0, 0.1) is 17.9 Å². The number of benzene rings is 2. The largest absolute Gasteiger partial charge is 0.183 e. The van der Waals surface area contributed by atoms with Crippen molar-refractivity contribution in [2.75, 3.05) is 0 Å². The van der Waals surface area contributed by atoms with Gasteiger partial charge in [-0.2, -0.15) is 24.3 Å². The molecule has 100 valence electrons. The molecule has 0 saturated carbocycles. The summed E-state index contributed by atoms with van der Waals surface area (Å²) in [6.07, 6.45) is 2.12. The van der Waals surface area contributed by atoms with E-state index in [1.807, 2.05) is 27.0 Å². The molecule has 0 heterocycles. The minimum Gasteiger partial charge on any atom is -0.183 e. The zero-order valence-electron chi connectivity index (χ0n) is 11.9. The molecule has 2 heteroatoms. The summed E-state index contributed by atoms with van der Waals surface area (Å²) < 4.78 is 0. The zero-order chi connectivity index (χ0) is 13.5. The molecule has 0 saturated heterocycles. The maximum atomic E-state index is 3.26. The second-order valence-electron chi connectivity index (χ2n) is 4.57. The monoisotopic (exact) mass is 431 g/mol. The van der Waals surface area contributed by atoms with Crippen molar-refractivity contribution in [1.29, 1.82) is 0 Å². The van der Waals surface area contributed by atoms with Gasteiger partial charge in [0, 0.05) is 26.0 Å². The first kappa shape index (κ1) is 16.8. The van der Waals surface area contributed by atoms with Gasteiger partial charge in [0.1, 0.15) is 7.28 Å². The van der Waals surface area contributed by atoms with Crippen LogP contribution >= 0.6 is 0 Å². The molecule has 2 aromatic carbocycles. The first-order valence-electron chi connectivity index (χ1n) is 6.68. The summed E-state index contributed by atoms with van der Waals surface area (Å²) in [4.78, 5) is 0. The van der Waals surface area contributed by atoms with E-state index < -0.39 is 0 Å². The Morgan fingerprint density at radius 1 is 0.950 bits per heavy atom. The van der Waals surface area contributed by atoms with Gasteiger partial charge in [-0.1, -0.05) is 55.7 Å². The maximum Gasteiger partial charge on any atom is 0.102 e. The van der Waals surface area contributed by atoms with Crippen LogP contribution in [0.25, 0.3) is 0 Å². The van der Waals surface area contributed by atoms with Crippen molar-refractivity contribution in [2.45, 2.75) is 26.5 Å². The summed E-state index contributed by atoms with van der Waals surface area (Å²) in [7, 11) is 2.00. The molecule has 0 amide bonds. The Labute approximate surface area is 136 Å². The molecule has 0 N–H and O–H groups in total. The molecule has 3 rings (SSSR count). The number of rotatable bonds is 0. The van der Waals surface area contributed by atoms with E-state index in [0.717, 1.165) is 18.4 Å².